The third-order valence-corrected chi connectivity index (χ3v) is 3.33. The van der Waals surface area contributed by atoms with Crippen molar-refractivity contribution in [1.29, 1.82) is 0 Å². The standard InChI is InChI=1S/C13H21NO5/c1-8-5-10(19-12(15)9-3-4-9)6-17-7-11(14-2)13(16)18-8/h8-11,14H,3-7H2,1-2H3/t8?,10?,11-/m0/s1. The summed E-state index contributed by atoms with van der Waals surface area (Å²) in [5.41, 5.74) is 0. The molecule has 2 aliphatic rings. The summed E-state index contributed by atoms with van der Waals surface area (Å²) in [6, 6.07) is -0.472. The zero-order chi connectivity index (χ0) is 13.8. The van der Waals surface area contributed by atoms with E-state index in [1.807, 2.05) is 0 Å². The Labute approximate surface area is 112 Å². The van der Waals surface area contributed by atoms with E-state index in [-0.39, 0.29) is 36.7 Å². The predicted octanol–water partition coefficient (Wildman–Crippen LogP) is 0.248. The Morgan fingerprint density at radius 1 is 1.37 bits per heavy atom. The number of carbonyl (C=O) groups excluding carboxylic acids is 2. The molecule has 1 heterocycles. The van der Waals surface area contributed by atoms with E-state index in [1.165, 1.54) is 0 Å². The fourth-order valence-corrected chi connectivity index (χ4v) is 2.02. The van der Waals surface area contributed by atoms with Crippen LogP contribution < -0.4 is 5.32 Å². The fraction of sp³-hybridized carbons (Fsp3) is 0.846. The van der Waals surface area contributed by atoms with Gasteiger partial charge in [0, 0.05) is 6.42 Å². The number of ether oxygens (including phenoxy) is 3. The van der Waals surface area contributed by atoms with E-state index in [1.54, 1.807) is 14.0 Å². The smallest absolute Gasteiger partial charge is 0.325 e. The number of hydrogen-bond acceptors (Lipinski definition) is 6. The third-order valence-electron chi connectivity index (χ3n) is 3.33. The second-order valence-electron chi connectivity index (χ2n) is 5.20. The van der Waals surface area contributed by atoms with Crippen molar-refractivity contribution >= 4 is 11.9 Å². The van der Waals surface area contributed by atoms with Gasteiger partial charge in [-0.1, -0.05) is 0 Å². The number of likely N-dealkylation sites (N-methyl/N-ethyl adjacent to an activating group) is 1. The second-order valence-corrected chi connectivity index (χ2v) is 5.20. The van der Waals surface area contributed by atoms with Gasteiger partial charge in [-0.2, -0.15) is 0 Å². The van der Waals surface area contributed by atoms with E-state index in [2.05, 4.69) is 5.32 Å². The van der Waals surface area contributed by atoms with Crippen molar-refractivity contribution in [2.24, 2.45) is 5.92 Å². The second kappa shape index (κ2) is 6.34. The van der Waals surface area contributed by atoms with Crippen LogP contribution in [0.5, 0.6) is 0 Å². The number of esters is 2. The van der Waals surface area contributed by atoms with Crippen LogP contribution in [0, 0.1) is 5.92 Å². The molecule has 0 bridgehead atoms. The largest absolute Gasteiger partial charge is 0.461 e. The number of cyclic esters (lactones) is 1. The molecule has 2 unspecified atom stereocenters. The summed E-state index contributed by atoms with van der Waals surface area (Å²) in [6.45, 7) is 2.32. The van der Waals surface area contributed by atoms with Crippen molar-refractivity contribution < 1.29 is 23.8 Å². The average Bonchev–Trinajstić information content (AvgIpc) is 3.16. The molecule has 1 saturated carbocycles. The van der Waals surface area contributed by atoms with Crippen LogP contribution in [0.4, 0.5) is 0 Å². The lowest BCUT2D eigenvalue weighted by Gasteiger charge is -2.19. The Kier molecular flexibility index (Phi) is 4.76. The minimum atomic E-state index is -0.472. The molecule has 1 saturated heterocycles. The van der Waals surface area contributed by atoms with E-state index in [0.29, 0.717) is 13.0 Å². The third kappa shape index (κ3) is 4.18. The van der Waals surface area contributed by atoms with Gasteiger partial charge in [-0.15, -0.1) is 0 Å². The lowest BCUT2D eigenvalue weighted by atomic mass is 10.2. The van der Waals surface area contributed by atoms with E-state index < -0.39 is 6.04 Å². The number of rotatable bonds is 3. The molecule has 1 aliphatic carbocycles. The monoisotopic (exact) mass is 271 g/mol. The first-order valence-corrected chi connectivity index (χ1v) is 6.76. The molecule has 3 atom stereocenters. The molecule has 0 aromatic carbocycles. The molecule has 2 rings (SSSR count). The summed E-state index contributed by atoms with van der Waals surface area (Å²) in [5.74, 6) is -0.420. The Bertz CT molecular complexity index is 342. The van der Waals surface area contributed by atoms with Gasteiger partial charge in [-0.3, -0.25) is 9.59 Å². The van der Waals surface area contributed by atoms with Crippen LogP contribution in [0.3, 0.4) is 0 Å². The molecule has 0 aromatic rings. The van der Waals surface area contributed by atoms with Crippen molar-refractivity contribution in [3.8, 4) is 0 Å². The minimum Gasteiger partial charge on any atom is -0.461 e. The molecule has 0 spiro atoms. The van der Waals surface area contributed by atoms with Gasteiger partial charge < -0.3 is 19.5 Å². The van der Waals surface area contributed by atoms with Crippen LogP contribution in [0.25, 0.3) is 0 Å². The van der Waals surface area contributed by atoms with Gasteiger partial charge in [0.1, 0.15) is 18.2 Å². The quantitative estimate of drug-likeness (QED) is 0.742. The van der Waals surface area contributed by atoms with Gasteiger partial charge >= 0.3 is 11.9 Å². The number of carbonyl (C=O) groups is 2. The molecule has 1 N–H and O–H groups in total. The van der Waals surface area contributed by atoms with Gasteiger partial charge in [-0.25, -0.2) is 0 Å². The summed E-state index contributed by atoms with van der Waals surface area (Å²) in [6.07, 6.45) is 1.67. The van der Waals surface area contributed by atoms with Gasteiger partial charge in [0.25, 0.3) is 0 Å². The first-order chi connectivity index (χ1) is 9.10. The maximum atomic E-state index is 11.7. The summed E-state index contributed by atoms with van der Waals surface area (Å²) in [7, 11) is 1.68. The van der Waals surface area contributed by atoms with Crippen LogP contribution >= 0.6 is 0 Å². The maximum Gasteiger partial charge on any atom is 0.325 e. The highest BCUT2D eigenvalue weighted by Crippen LogP contribution is 2.31. The van der Waals surface area contributed by atoms with E-state index in [0.717, 1.165) is 12.8 Å². The summed E-state index contributed by atoms with van der Waals surface area (Å²) in [4.78, 5) is 23.4. The summed E-state index contributed by atoms with van der Waals surface area (Å²) >= 11 is 0. The Balaban J connectivity index is 1.90. The molecule has 2 fully saturated rings. The Hall–Kier alpha value is -1.14. The van der Waals surface area contributed by atoms with Crippen LogP contribution in [0.1, 0.15) is 26.2 Å². The predicted molar refractivity (Wildman–Crippen MR) is 66.4 cm³/mol. The molecule has 1 aliphatic heterocycles. The van der Waals surface area contributed by atoms with Gasteiger partial charge in [0.15, 0.2) is 0 Å². The Morgan fingerprint density at radius 3 is 2.74 bits per heavy atom. The van der Waals surface area contributed by atoms with Crippen LogP contribution in [-0.2, 0) is 23.8 Å². The molecular formula is C13H21NO5. The molecule has 108 valence electrons. The van der Waals surface area contributed by atoms with E-state index >= 15 is 0 Å². The normalized spacial score (nSPS) is 32.7. The van der Waals surface area contributed by atoms with Gasteiger partial charge in [0.2, 0.25) is 0 Å². The molecular weight excluding hydrogens is 250 g/mol. The number of nitrogens with one attached hydrogen (secondary N) is 1. The zero-order valence-electron chi connectivity index (χ0n) is 11.4. The average molecular weight is 271 g/mol. The summed E-state index contributed by atoms with van der Waals surface area (Å²) in [5, 5.41) is 2.85. The van der Waals surface area contributed by atoms with Crippen molar-refractivity contribution in [2.75, 3.05) is 20.3 Å². The Morgan fingerprint density at radius 2 is 2.11 bits per heavy atom. The fourth-order valence-electron chi connectivity index (χ4n) is 2.02. The van der Waals surface area contributed by atoms with Crippen LogP contribution in [-0.4, -0.2) is 50.4 Å². The van der Waals surface area contributed by atoms with Crippen LogP contribution in [0.15, 0.2) is 0 Å². The first kappa shape index (κ1) is 14.3. The van der Waals surface area contributed by atoms with Crippen LogP contribution in [0.2, 0.25) is 0 Å². The first-order valence-electron chi connectivity index (χ1n) is 6.76. The molecule has 0 amide bonds. The molecule has 0 radical (unpaired) electrons. The topological polar surface area (TPSA) is 73.9 Å². The molecule has 0 aromatic heterocycles. The van der Waals surface area contributed by atoms with Crippen molar-refractivity contribution in [2.45, 2.75) is 44.4 Å². The highest BCUT2D eigenvalue weighted by atomic mass is 16.6. The van der Waals surface area contributed by atoms with E-state index in [9.17, 15) is 9.59 Å². The number of hydrogen-bond donors (Lipinski definition) is 1. The zero-order valence-corrected chi connectivity index (χ0v) is 11.4. The highest BCUT2D eigenvalue weighted by Gasteiger charge is 2.34. The summed E-state index contributed by atoms with van der Waals surface area (Å²) < 4.78 is 16.1. The highest BCUT2D eigenvalue weighted by molar-refractivity contribution is 5.76. The van der Waals surface area contributed by atoms with Gasteiger partial charge in [-0.05, 0) is 26.8 Å². The molecule has 19 heavy (non-hydrogen) atoms. The van der Waals surface area contributed by atoms with Crippen molar-refractivity contribution in [3.05, 3.63) is 0 Å². The van der Waals surface area contributed by atoms with E-state index in [4.69, 9.17) is 14.2 Å². The molecule has 6 nitrogen and oxygen atoms in total. The molecule has 6 heteroatoms. The van der Waals surface area contributed by atoms with Gasteiger partial charge in [0.05, 0.1) is 19.1 Å². The van der Waals surface area contributed by atoms with Crippen molar-refractivity contribution in [1.82, 2.24) is 5.32 Å². The maximum absolute atomic E-state index is 11.7. The minimum absolute atomic E-state index is 0.0653. The lowest BCUT2D eigenvalue weighted by molar-refractivity contribution is -0.156. The van der Waals surface area contributed by atoms with Crippen molar-refractivity contribution in [3.63, 3.8) is 0 Å². The SMILES string of the molecule is CN[C@H]1COCC(OC(=O)C2CC2)CC(C)OC1=O. The lowest BCUT2D eigenvalue weighted by Crippen LogP contribution is -2.40.